The van der Waals surface area contributed by atoms with Crippen molar-refractivity contribution in [1.29, 1.82) is 0 Å². The predicted octanol–water partition coefficient (Wildman–Crippen LogP) is 4.81. The van der Waals surface area contributed by atoms with Crippen LogP contribution < -0.4 is 10.1 Å². The molecule has 0 aliphatic heterocycles. The van der Waals surface area contributed by atoms with Gasteiger partial charge in [0.25, 0.3) is 0 Å². The van der Waals surface area contributed by atoms with Crippen LogP contribution >= 0.6 is 23.2 Å². The Labute approximate surface area is 133 Å². The number of carbonyl (C=O) groups is 1. The molecule has 0 bridgehead atoms. The summed E-state index contributed by atoms with van der Waals surface area (Å²) < 4.78 is 5.08. The Morgan fingerprint density at radius 2 is 1.95 bits per heavy atom. The van der Waals surface area contributed by atoms with E-state index in [4.69, 9.17) is 27.9 Å². The topological polar surface area (TPSA) is 38.3 Å². The number of ether oxygens (including phenoxy) is 1. The molecule has 2 rings (SSSR count). The maximum Gasteiger partial charge on any atom is 0.187 e. The molecule has 1 N–H and O–H groups in total. The first-order valence-electron chi connectivity index (χ1n) is 6.16. The van der Waals surface area contributed by atoms with Crippen LogP contribution in [0.1, 0.15) is 10.4 Å². The van der Waals surface area contributed by atoms with Gasteiger partial charge in [0.05, 0.1) is 17.2 Å². The van der Waals surface area contributed by atoms with Crippen molar-refractivity contribution in [2.45, 2.75) is 0 Å². The highest BCUT2D eigenvalue weighted by Gasteiger charge is 2.03. The molecule has 0 aromatic heterocycles. The van der Waals surface area contributed by atoms with Gasteiger partial charge in [-0.15, -0.1) is 0 Å². The Hall–Kier alpha value is -1.97. The standard InChI is InChI=1S/C16H13Cl2NO2/c1-21-13-4-2-3-11(9-13)16(20)7-8-19-12-5-6-14(17)15(18)10-12/h2-10,19H,1H3/b8-7+. The van der Waals surface area contributed by atoms with Crippen molar-refractivity contribution >= 4 is 34.7 Å². The molecule has 0 aliphatic carbocycles. The molecule has 0 fully saturated rings. The molecule has 0 atom stereocenters. The molecule has 0 saturated heterocycles. The zero-order valence-corrected chi connectivity index (χ0v) is 12.8. The van der Waals surface area contributed by atoms with Crippen molar-refractivity contribution in [3.05, 3.63) is 70.3 Å². The van der Waals surface area contributed by atoms with Crippen LogP contribution in [0.4, 0.5) is 5.69 Å². The number of hydrogen-bond donors (Lipinski definition) is 1. The summed E-state index contributed by atoms with van der Waals surface area (Å²) in [4.78, 5) is 12.0. The normalized spacial score (nSPS) is 10.6. The first-order valence-corrected chi connectivity index (χ1v) is 6.92. The number of benzene rings is 2. The quantitative estimate of drug-likeness (QED) is 0.634. The van der Waals surface area contributed by atoms with E-state index in [-0.39, 0.29) is 5.78 Å². The smallest absolute Gasteiger partial charge is 0.187 e. The summed E-state index contributed by atoms with van der Waals surface area (Å²) in [5, 5.41) is 3.90. The summed E-state index contributed by atoms with van der Waals surface area (Å²) in [5.74, 6) is 0.521. The molecule has 0 spiro atoms. The average Bonchev–Trinajstić information content (AvgIpc) is 2.50. The molecule has 3 nitrogen and oxygen atoms in total. The van der Waals surface area contributed by atoms with Gasteiger partial charge in [-0.3, -0.25) is 4.79 Å². The largest absolute Gasteiger partial charge is 0.497 e. The number of allylic oxidation sites excluding steroid dienone is 1. The van der Waals surface area contributed by atoms with Crippen molar-refractivity contribution in [2.24, 2.45) is 0 Å². The number of ketones is 1. The van der Waals surface area contributed by atoms with Crippen molar-refractivity contribution in [1.82, 2.24) is 0 Å². The summed E-state index contributed by atoms with van der Waals surface area (Å²) in [7, 11) is 1.56. The Bertz CT molecular complexity index is 684. The van der Waals surface area contributed by atoms with E-state index < -0.39 is 0 Å². The number of nitrogens with one attached hydrogen (secondary N) is 1. The molecule has 21 heavy (non-hydrogen) atoms. The zero-order valence-electron chi connectivity index (χ0n) is 11.3. The van der Waals surface area contributed by atoms with Gasteiger partial charge in [0.1, 0.15) is 5.75 Å². The van der Waals surface area contributed by atoms with Crippen molar-refractivity contribution in [3.8, 4) is 5.75 Å². The van der Waals surface area contributed by atoms with Crippen LogP contribution in [0.3, 0.4) is 0 Å². The summed E-state index contributed by atoms with van der Waals surface area (Å²) in [6, 6.07) is 12.1. The van der Waals surface area contributed by atoms with Gasteiger partial charge in [-0.05, 0) is 30.3 Å². The molecular formula is C16H13Cl2NO2. The van der Waals surface area contributed by atoms with E-state index in [0.717, 1.165) is 5.69 Å². The van der Waals surface area contributed by atoms with Gasteiger partial charge in [0, 0.05) is 23.5 Å². The molecule has 0 saturated carbocycles. The van der Waals surface area contributed by atoms with Gasteiger partial charge in [0.15, 0.2) is 5.78 Å². The molecule has 5 heteroatoms. The van der Waals surface area contributed by atoms with Gasteiger partial charge in [0.2, 0.25) is 0 Å². The van der Waals surface area contributed by atoms with Gasteiger partial charge >= 0.3 is 0 Å². The van der Waals surface area contributed by atoms with Crippen LogP contribution in [-0.4, -0.2) is 12.9 Å². The lowest BCUT2D eigenvalue weighted by molar-refractivity contribution is 0.104. The first kappa shape index (κ1) is 15.4. The number of hydrogen-bond acceptors (Lipinski definition) is 3. The molecule has 108 valence electrons. The Morgan fingerprint density at radius 3 is 2.67 bits per heavy atom. The monoisotopic (exact) mass is 321 g/mol. The van der Waals surface area contributed by atoms with E-state index in [2.05, 4.69) is 5.32 Å². The van der Waals surface area contributed by atoms with Gasteiger partial charge in [-0.25, -0.2) is 0 Å². The fourth-order valence-electron chi connectivity index (χ4n) is 1.67. The summed E-state index contributed by atoms with van der Waals surface area (Å²) in [6.07, 6.45) is 3.00. The lowest BCUT2D eigenvalue weighted by Crippen LogP contribution is -1.97. The predicted molar refractivity (Wildman–Crippen MR) is 86.5 cm³/mol. The number of halogens is 2. The van der Waals surface area contributed by atoms with Gasteiger partial charge < -0.3 is 10.1 Å². The summed E-state index contributed by atoms with van der Waals surface area (Å²) in [6.45, 7) is 0. The molecular weight excluding hydrogens is 309 g/mol. The lowest BCUT2D eigenvalue weighted by atomic mass is 10.1. The fourth-order valence-corrected chi connectivity index (χ4v) is 1.97. The third-order valence-corrected chi connectivity index (χ3v) is 3.50. The van der Waals surface area contributed by atoms with Crippen LogP contribution in [0, 0.1) is 0 Å². The number of anilines is 1. The van der Waals surface area contributed by atoms with E-state index in [1.165, 1.54) is 6.08 Å². The second kappa shape index (κ2) is 7.16. The molecule has 2 aromatic carbocycles. The van der Waals surface area contributed by atoms with Crippen LogP contribution in [0.2, 0.25) is 10.0 Å². The van der Waals surface area contributed by atoms with E-state index in [0.29, 0.717) is 21.4 Å². The highest BCUT2D eigenvalue weighted by atomic mass is 35.5. The van der Waals surface area contributed by atoms with Crippen LogP contribution in [0.15, 0.2) is 54.7 Å². The van der Waals surface area contributed by atoms with E-state index in [9.17, 15) is 4.79 Å². The van der Waals surface area contributed by atoms with E-state index in [1.54, 1.807) is 55.8 Å². The minimum atomic E-state index is -0.124. The van der Waals surface area contributed by atoms with Gasteiger partial charge in [-0.2, -0.15) is 0 Å². The molecule has 0 heterocycles. The molecule has 2 aromatic rings. The molecule has 0 unspecified atom stereocenters. The Kier molecular flexibility index (Phi) is 5.26. The minimum absolute atomic E-state index is 0.124. The Balaban J connectivity index is 2.03. The lowest BCUT2D eigenvalue weighted by Gasteiger charge is -2.03. The fraction of sp³-hybridized carbons (Fsp3) is 0.0625. The Morgan fingerprint density at radius 1 is 1.14 bits per heavy atom. The second-order valence-corrected chi connectivity index (χ2v) is 5.02. The van der Waals surface area contributed by atoms with Crippen molar-refractivity contribution in [2.75, 3.05) is 12.4 Å². The van der Waals surface area contributed by atoms with Crippen LogP contribution in [0.5, 0.6) is 5.75 Å². The maximum absolute atomic E-state index is 12.0. The highest BCUT2D eigenvalue weighted by Crippen LogP contribution is 2.25. The SMILES string of the molecule is COc1cccc(C(=O)/C=C/Nc2ccc(Cl)c(Cl)c2)c1. The van der Waals surface area contributed by atoms with Crippen LogP contribution in [0.25, 0.3) is 0 Å². The summed E-state index contributed by atoms with van der Waals surface area (Å²) in [5.41, 5.74) is 1.31. The first-order chi connectivity index (χ1) is 10.1. The van der Waals surface area contributed by atoms with E-state index >= 15 is 0 Å². The van der Waals surface area contributed by atoms with Gasteiger partial charge in [-0.1, -0.05) is 35.3 Å². The maximum atomic E-state index is 12.0. The van der Waals surface area contributed by atoms with Crippen molar-refractivity contribution < 1.29 is 9.53 Å². The number of carbonyl (C=O) groups excluding carboxylic acids is 1. The third kappa shape index (κ3) is 4.25. The molecule has 0 radical (unpaired) electrons. The average molecular weight is 322 g/mol. The van der Waals surface area contributed by atoms with E-state index in [1.807, 2.05) is 0 Å². The van der Waals surface area contributed by atoms with Crippen molar-refractivity contribution in [3.63, 3.8) is 0 Å². The third-order valence-electron chi connectivity index (χ3n) is 2.76. The zero-order chi connectivity index (χ0) is 15.2. The minimum Gasteiger partial charge on any atom is -0.497 e. The molecule has 0 amide bonds. The second-order valence-electron chi connectivity index (χ2n) is 4.20. The number of methoxy groups -OCH3 is 1. The molecule has 0 aliphatic rings. The number of rotatable bonds is 5. The van der Waals surface area contributed by atoms with Crippen LogP contribution in [-0.2, 0) is 0 Å². The summed E-state index contributed by atoms with van der Waals surface area (Å²) >= 11 is 11.7. The highest BCUT2D eigenvalue weighted by molar-refractivity contribution is 6.42.